The predicted octanol–water partition coefficient (Wildman–Crippen LogP) is 11.4. The van der Waals surface area contributed by atoms with E-state index in [1.165, 1.54) is 43.1 Å². The SMILES string of the molecule is Cc1cc(C)c(P=[C]2OC(c3ccccc3)=C(c3ccccc3)[O][Ge]2([c]2c(C(C)C)cc(C(C)C)cc2C(C)C)[C](C)(C)C)c(C)c1. The Balaban J connectivity index is 2.01. The van der Waals surface area contributed by atoms with E-state index in [-0.39, 0.29) is 4.25 Å². The van der Waals surface area contributed by atoms with E-state index >= 15 is 0 Å². The number of rotatable bonds is 7. The summed E-state index contributed by atoms with van der Waals surface area (Å²) in [6, 6.07) is 30.8. The van der Waals surface area contributed by atoms with Gasteiger partial charge >= 0.3 is 290 Å². The Hall–Kier alpha value is -3.07. The number of hydrogen-bond acceptors (Lipinski definition) is 2. The van der Waals surface area contributed by atoms with Crippen molar-refractivity contribution < 1.29 is 8.50 Å². The Kier molecular flexibility index (Phi) is 10.4. The molecule has 0 saturated carbocycles. The molecule has 47 heavy (non-hydrogen) atoms. The summed E-state index contributed by atoms with van der Waals surface area (Å²) in [7, 11) is 1.09. The van der Waals surface area contributed by atoms with Gasteiger partial charge in [0.05, 0.1) is 0 Å². The van der Waals surface area contributed by atoms with Crippen LogP contribution < -0.4 is 9.70 Å². The second-order valence-corrected chi connectivity index (χ2v) is 25.6. The molecule has 0 fully saturated rings. The molecular weight excluding hydrogens is 652 g/mol. The van der Waals surface area contributed by atoms with Crippen molar-refractivity contribution in [2.24, 2.45) is 0 Å². The Labute approximate surface area is 289 Å². The van der Waals surface area contributed by atoms with Crippen LogP contribution in [0.4, 0.5) is 0 Å². The van der Waals surface area contributed by atoms with Crippen molar-refractivity contribution in [2.45, 2.75) is 105 Å². The molecule has 4 aromatic rings. The summed E-state index contributed by atoms with van der Waals surface area (Å²) in [6.07, 6.45) is 0. The first kappa shape index (κ1) is 35.2. The van der Waals surface area contributed by atoms with Crippen molar-refractivity contribution in [1.82, 2.24) is 0 Å². The predicted molar refractivity (Wildman–Crippen MR) is 208 cm³/mol. The molecule has 0 spiro atoms. The molecule has 246 valence electrons. The van der Waals surface area contributed by atoms with E-state index < -0.39 is 13.6 Å². The van der Waals surface area contributed by atoms with E-state index in [4.69, 9.17) is 8.50 Å². The van der Waals surface area contributed by atoms with Crippen LogP contribution in [0.2, 0.25) is 4.25 Å². The third-order valence-electron chi connectivity index (χ3n) is 9.42. The van der Waals surface area contributed by atoms with Crippen molar-refractivity contribution in [3.8, 4) is 0 Å². The number of benzene rings is 4. The van der Waals surface area contributed by atoms with E-state index in [1.54, 1.807) is 0 Å². The summed E-state index contributed by atoms with van der Waals surface area (Å²) in [5.74, 6) is 2.76. The van der Waals surface area contributed by atoms with Crippen LogP contribution in [0.3, 0.4) is 0 Å². The van der Waals surface area contributed by atoms with Gasteiger partial charge in [-0.05, 0) is 0 Å². The van der Waals surface area contributed by atoms with Gasteiger partial charge in [-0.3, -0.25) is 0 Å². The van der Waals surface area contributed by atoms with Crippen LogP contribution in [-0.4, -0.2) is 17.9 Å². The number of aryl methyl sites for hydroxylation is 3. The Morgan fingerprint density at radius 1 is 0.617 bits per heavy atom. The van der Waals surface area contributed by atoms with Crippen LogP contribution in [0.5, 0.6) is 0 Å². The van der Waals surface area contributed by atoms with Crippen LogP contribution in [0.15, 0.2) is 84.9 Å². The minimum absolute atomic E-state index is 0.205. The van der Waals surface area contributed by atoms with Gasteiger partial charge in [-0.1, -0.05) is 0 Å². The monoisotopic (exact) mass is 706 g/mol. The molecule has 0 amide bonds. The average Bonchev–Trinajstić information content (AvgIpc) is 3.02. The van der Waals surface area contributed by atoms with Gasteiger partial charge in [0.25, 0.3) is 0 Å². The molecule has 2 nitrogen and oxygen atoms in total. The van der Waals surface area contributed by atoms with Crippen LogP contribution >= 0.6 is 8.20 Å². The molecule has 1 heterocycles. The van der Waals surface area contributed by atoms with Crippen molar-refractivity contribution in [3.05, 3.63) is 129 Å². The molecule has 1 unspecified atom stereocenters. The van der Waals surface area contributed by atoms with Crippen LogP contribution in [0, 0.1) is 20.8 Å². The maximum absolute atomic E-state index is 8.05. The fourth-order valence-corrected chi connectivity index (χ4v) is 21.4. The zero-order valence-corrected chi connectivity index (χ0v) is 33.6. The van der Waals surface area contributed by atoms with Crippen molar-refractivity contribution in [1.29, 1.82) is 0 Å². The van der Waals surface area contributed by atoms with Gasteiger partial charge in [0.1, 0.15) is 0 Å². The van der Waals surface area contributed by atoms with Gasteiger partial charge in [-0.2, -0.15) is 0 Å². The molecule has 1 aliphatic heterocycles. The van der Waals surface area contributed by atoms with Crippen molar-refractivity contribution in [3.63, 3.8) is 0 Å². The summed E-state index contributed by atoms with van der Waals surface area (Å²) in [5, 5.41) is 1.32. The molecule has 5 rings (SSSR count). The average molecular weight is 705 g/mol. The topological polar surface area (TPSA) is 18.5 Å². The molecule has 4 aromatic carbocycles. The molecule has 0 N–H and O–H groups in total. The van der Waals surface area contributed by atoms with Gasteiger partial charge in [0, 0.05) is 0 Å². The third-order valence-corrected chi connectivity index (χ3v) is 22.7. The molecule has 0 bridgehead atoms. The zero-order valence-electron chi connectivity index (χ0n) is 30.6. The third kappa shape index (κ3) is 6.79. The first-order chi connectivity index (χ1) is 22.2. The number of ether oxygens (including phenoxy) is 1. The summed E-state index contributed by atoms with van der Waals surface area (Å²) in [5.41, 5.74) is 10.2. The quantitative estimate of drug-likeness (QED) is 0.141. The Bertz CT molecular complexity index is 1760. The minimum atomic E-state index is -4.00. The van der Waals surface area contributed by atoms with Crippen LogP contribution in [-0.2, 0) is 8.50 Å². The normalized spacial score (nSPS) is 17.9. The molecular formula is C43H53GeO2P. The standard InChI is InChI=1S/C43H53GeO2P/c1-27(2)35-25-36(28(3)4)38(37(26-35)29(5)6)44(43(10,11)12)42(47-41-31(8)23-30(7)24-32(41)9)45-39(33-19-15-13-16-20-33)40(46-44)34-21-17-14-18-22-34/h13-29H,1-12H3. The summed E-state index contributed by atoms with van der Waals surface area (Å²) in [4.78, 5) is 0. The molecule has 1 atom stereocenters. The molecule has 1 aliphatic rings. The molecule has 0 aromatic heterocycles. The van der Waals surface area contributed by atoms with Gasteiger partial charge in [-0.15, -0.1) is 0 Å². The van der Waals surface area contributed by atoms with E-state index in [1.807, 2.05) is 0 Å². The van der Waals surface area contributed by atoms with Gasteiger partial charge in [0.15, 0.2) is 0 Å². The Morgan fingerprint density at radius 2 is 1.09 bits per heavy atom. The summed E-state index contributed by atoms with van der Waals surface area (Å²) >= 11 is -4.00. The molecule has 0 aliphatic carbocycles. The van der Waals surface area contributed by atoms with E-state index in [0.717, 1.165) is 35.2 Å². The first-order valence-corrected chi connectivity index (χ1v) is 22.1. The second-order valence-electron chi connectivity index (χ2n) is 15.2. The number of hydrogen-bond donors (Lipinski definition) is 0. The van der Waals surface area contributed by atoms with Gasteiger partial charge < -0.3 is 0 Å². The molecule has 4 heteroatoms. The summed E-state index contributed by atoms with van der Waals surface area (Å²) in [6.45, 7) is 27.9. The van der Waals surface area contributed by atoms with Crippen molar-refractivity contribution in [2.75, 3.05) is 0 Å². The van der Waals surface area contributed by atoms with E-state index in [9.17, 15) is 0 Å². The van der Waals surface area contributed by atoms with Gasteiger partial charge in [-0.25, -0.2) is 0 Å². The van der Waals surface area contributed by atoms with Crippen LogP contribution in [0.25, 0.3) is 11.5 Å². The second kappa shape index (κ2) is 13.8. The first-order valence-electron chi connectivity index (χ1n) is 17.2. The fourth-order valence-electron chi connectivity index (χ4n) is 6.94. The van der Waals surface area contributed by atoms with Crippen molar-refractivity contribution >= 4 is 47.3 Å². The van der Waals surface area contributed by atoms with Gasteiger partial charge in [0.2, 0.25) is 0 Å². The van der Waals surface area contributed by atoms with Crippen LogP contribution in [0.1, 0.15) is 125 Å². The Morgan fingerprint density at radius 3 is 1.51 bits per heavy atom. The van der Waals surface area contributed by atoms with E-state index in [0.29, 0.717) is 17.8 Å². The maximum atomic E-state index is 8.05. The van der Waals surface area contributed by atoms with E-state index in [2.05, 4.69) is 168 Å². The zero-order chi connectivity index (χ0) is 34.3. The summed E-state index contributed by atoms with van der Waals surface area (Å²) < 4.78 is 18.0. The fraction of sp³-hybridized carbons (Fsp3) is 0.372. The molecule has 0 saturated heterocycles. The molecule has 0 radical (unpaired) electrons.